The van der Waals surface area contributed by atoms with Crippen molar-refractivity contribution in [3.63, 3.8) is 0 Å². The monoisotopic (exact) mass is 334 g/mol. The molecule has 4 nitrogen and oxygen atoms in total. The summed E-state index contributed by atoms with van der Waals surface area (Å²) in [5, 5.41) is 2.80. The van der Waals surface area contributed by atoms with Gasteiger partial charge >= 0.3 is 0 Å². The van der Waals surface area contributed by atoms with Gasteiger partial charge in [0.2, 0.25) is 10.0 Å². The highest BCUT2D eigenvalue weighted by molar-refractivity contribution is 7.89. The molecule has 1 atom stereocenters. The van der Waals surface area contributed by atoms with Gasteiger partial charge in [0.1, 0.15) is 5.82 Å². The van der Waals surface area contributed by atoms with Crippen LogP contribution in [0.1, 0.15) is 31.7 Å². The van der Waals surface area contributed by atoms with Crippen molar-refractivity contribution >= 4 is 21.6 Å². The van der Waals surface area contributed by atoms with Gasteiger partial charge in [0, 0.05) is 12.6 Å². The molecule has 0 saturated heterocycles. The van der Waals surface area contributed by atoms with Crippen molar-refractivity contribution in [1.82, 2.24) is 10.0 Å². The summed E-state index contributed by atoms with van der Waals surface area (Å²) in [5.41, 5.74) is 0.427. The third kappa shape index (κ3) is 3.74. The van der Waals surface area contributed by atoms with Gasteiger partial charge in [0.25, 0.3) is 0 Å². The van der Waals surface area contributed by atoms with E-state index < -0.39 is 15.8 Å². The Balaban J connectivity index is 2.26. The molecule has 0 heterocycles. The van der Waals surface area contributed by atoms with Crippen molar-refractivity contribution in [1.29, 1.82) is 0 Å². The van der Waals surface area contributed by atoms with Gasteiger partial charge in [-0.15, -0.1) is 0 Å². The van der Waals surface area contributed by atoms with Gasteiger partial charge < -0.3 is 5.32 Å². The largest absolute Gasteiger partial charge is 0.316 e. The lowest BCUT2D eigenvalue weighted by molar-refractivity contribution is 0.260. The van der Waals surface area contributed by atoms with Crippen LogP contribution in [-0.2, 0) is 16.6 Å². The molecular formula is C14H20ClFN2O2S. The van der Waals surface area contributed by atoms with E-state index in [2.05, 4.69) is 10.0 Å². The van der Waals surface area contributed by atoms with Crippen LogP contribution in [0.3, 0.4) is 0 Å². The maximum atomic E-state index is 13.8. The first-order valence-corrected chi connectivity index (χ1v) is 8.86. The highest BCUT2D eigenvalue weighted by Gasteiger charge is 2.28. The van der Waals surface area contributed by atoms with Crippen LogP contribution >= 0.6 is 11.6 Å². The molecule has 0 aromatic heterocycles. The zero-order valence-corrected chi connectivity index (χ0v) is 13.7. The van der Waals surface area contributed by atoms with Crippen LogP contribution in [0.4, 0.5) is 4.39 Å². The molecule has 21 heavy (non-hydrogen) atoms. The summed E-state index contributed by atoms with van der Waals surface area (Å²) >= 11 is 5.85. The lowest BCUT2D eigenvalue weighted by atomic mass is 9.81. The van der Waals surface area contributed by atoms with E-state index in [9.17, 15) is 12.8 Å². The van der Waals surface area contributed by atoms with Crippen LogP contribution in [0.25, 0.3) is 0 Å². The molecule has 0 amide bonds. The number of benzene rings is 1. The number of sulfonamides is 1. The number of hydrogen-bond acceptors (Lipinski definition) is 3. The lowest BCUT2D eigenvalue weighted by Crippen LogP contribution is -2.40. The number of rotatable bonds is 6. The molecule has 0 spiro atoms. The van der Waals surface area contributed by atoms with Crippen LogP contribution in [0.5, 0.6) is 0 Å². The van der Waals surface area contributed by atoms with E-state index in [1.54, 1.807) is 7.05 Å². The SMILES string of the molecule is CNCc1cc(S(=O)(=O)NC(C)C2CCC2)cc(F)c1Cl. The predicted molar refractivity (Wildman–Crippen MR) is 81.3 cm³/mol. The quantitative estimate of drug-likeness (QED) is 0.841. The highest BCUT2D eigenvalue weighted by atomic mass is 35.5. The maximum Gasteiger partial charge on any atom is 0.240 e. The Morgan fingerprint density at radius 2 is 2.10 bits per heavy atom. The van der Waals surface area contributed by atoms with E-state index >= 15 is 0 Å². The van der Waals surface area contributed by atoms with Crippen molar-refractivity contribution in [2.24, 2.45) is 5.92 Å². The van der Waals surface area contributed by atoms with Gasteiger partial charge in [0.05, 0.1) is 9.92 Å². The maximum absolute atomic E-state index is 13.8. The minimum Gasteiger partial charge on any atom is -0.316 e. The summed E-state index contributed by atoms with van der Waals surface area (Å²) in [6.07, 6.45) is 3.20. The molecule has 1 fully saturated rings. The Morgan fingerprint density at radius 1 is 1.43 bits per heavy atom. The Bertz CT molecular complexity index is 618. The molecule has 0 bridgehead atoms. The van der Waals surface area contributed by atoms with Crippen LogP contribution in [0, 0.1) is 11.7 Å². The Hall–Kier alpha value is -0.690. The molecule has 0 aliphatic heterocycles. The first-order chi connectivity index (χ1) is 9.85. The molecule has 1 aromatic rings. The second-order valence-corrected chi connectivity index (χ2v) is 7.60. The summed E-state index contributed by atoms with van der Waals surface area (Å²) in [6.45, 7) is 2.15. The number of nitrogens with one attached hydrogen (secondary N) is 2. The summed E-state index contributed by atoms with van der Waals surface area (Å²) in [7, 11) is -2.05. The molecule has 1 aliphatic rings. The van der Waals surface area contributed by atoms with E-state index in [0.29, 0.717) is 18.0 Å². The number of hydrogen-bond donors (Lipinski definition) is 2. The van der Waals surface area contributed by atoms with Crippen molar-refractivity contribution < 1.29 is 12.8 Å². The Labute approximate surface area is 130 Å². The normalized spacial score (nSPS) is 17.5. The Kier molecular flexibility index (Phi) is 5.24. The third-order valence-corrected chi connectivity index (χ3v) is 5.91. The van der Waals surface area contributed by atoms with Crippen molar-refractivity contribution in [3.8, 4) is 0 Å². The van der Waals surface area contributed by atoms with Crippen molar-refractivity contribution in [2.75, 3.05) is 7.05 Å². The van der Waals surface area contributed by atoms with Gasteiger partial charge in [-0.25, -0.2) is 17.5 Å². The van der Waals surface area contributed by atoms with Crippen LogP contribution in [-0.4, -0.2) is 21.5 Å². The predicted octanol–water partition coefficient (Wildman–Crippen LogP) is 2.67. The summed E-state index contributed by atoms with van der Waals surface area (Å²) in [6, 6.07) is 2.24. The van der Waals surface area contributed by atoms with Crippen molar-refractivity contribution in [2.45, 2.75) is 43.7 Å². The second-order valence-electron chi connectivity index (χ2n) is 5.51. The molecule has 1 saturated carbocycles. The molecule has 1 unspecified atom stereocenters. The topological polar surface area (TPSA) is 58.2 Å². The minimum absolute atomic E-state index is 0.0460. The molecular weight excluding hydrogens is 315 g/mol. The standard InChI is InChI=1S/C14H20ClFN2O2S/c1-9(10-4-3-5-10)18-21(19,20)12-6-11(8-17-2)14(15)13(16)7-12/h6-7,9-10,17-18H,3-5,8H2,1-2H3. The first kappa shape index (κ1) is 16.7. The fourth-order valence-electron chi connectivity index (χ4n) is 2.44. The van der Waals surface area contributed by atoms with E-state index in [1.807, 2.05) is 6.92 Å². The molecule has 0 radical (unpaired) electrons. The van der Waals surface area contributed by atoms with Gasteiger partial charge in [-0.1, -0.05) is 18.0 Å². The van der Waals surface area contributed by atoms with E-state index in [0.717, 1.165) is 25.3 Å². The average molecular weight is 335 g/mol. The van der Waals surface area contributed by atoms with Crippen LogP contribution in [0.2, 0.25) is 5.02 Å². The molecule has 7 heteroatoms. The fourth-order valence-corrected chi connectivity index (χ4v) is 3.99. The minimum atomic E-state index is -3.74. The van der Waals surface area contributed by atoms with Crippen molar-refractivity contribution in [3.05, 3.63) is 28.5 Å². The lowest BCUT2D eigenvalue weighted by Gasteiger charge is -2.31. The summed E-state index contributed by atoms with van der Waals surface area (Å²) in [5.74, 6) is -0.352. The second kappa shape index (κ2) is 6.60. The van der Waals surface area contributed by atoms with Crippen LogP contribution in [0.15, 0.2) is 17.0 Å². The molecule has 1 aliphatic carbocycles. The molecule has 1 aromatic carbocycles. The Morgan fingerprint density at radius 3 is 2.62 bits per heavy atom. The van der Waals surface area contributed by atoms with Crippen LogP contribution < -0.4 is 10.0 Å². The number of halogens is 2. The van der Waals surface area contributed by atoms with Gasteiger partial charge in [-0.05, 0) is 50.4 Å². The fraction of sp³-hybridized carbons (Fsp3) is 0.571. The van der Waals surface area contributed by atoms with E-state index in [1.165, 1.54) is 6.07 Å². The van der Waals surface area contributed by atoms with E-state index in [-0.39, 0.29) is 16.0 Å². The zero-order chi connectivity index (χ0) is 15.6. The molecule has 2 N–H and O–H groups in total. The van der Waals surface area contributed by atoms with Gasteiger partial charge in [-0.2, -0.15) is 0 Å². The zero-order valence-electron chi connectivity index (χ0n) is 12.1. The highest BCUT2D eigenvalue weighted by Crippen LogP contribution is 2.30. The third-order valence-electron chi connectivity index (χ3n) is 3.95. The smallest absolute Gasteiger partial charge is 0.240 e. The first-order valence-electron chi connectivity index (χ1n) is 7.00. The summed E-state index contributed by atoms with van der Waals surface area (Å²) < 4.78 is 41.2. The van der Waals surface area contributed by atoms with E-state index in [4.69, 9.17) is 11.6 Å². The average Bonchev–Trinajstić information content (AvgIpc) is 2.31. The summed E-state index contributed by atoms with van der Waals surface area (Å²) in [4.78, 5) is -0.0826. The van der Waals surface area contributed by atoms with Gasteiger partial charge in [-0.3, -0.25) is 0 Å². The van der Waals surface area contributed by atoms with Gasteiger partial charge in [0.15, 0.2) is 0 Å². The molecule has 118 valence electrons. The molecule has 2 rings (SSSR count).